The van der Waals surface area contributed by atoms with Crippen molar-refractivity contribution in [3.8, 4) is 0 Å². The molecule has 2 heteroatoms. The molecule has 0 heterocycles. The molecule has 1 aromatic carbocycles. The highest BCUT2D eigenvalue weighted by atomic mass is 35.5. The van der Waals surface area contributed by atoms with Crippen molar-refractivity contribution in [2.24, 2.45) is 0 Å². The Morgan fingerprint density at radius 2 is 2.27 bits per heavy atom. The summed E-state index contributed by atoms with van der Waals surface area (Å²) < 4.78 is 0. The van der Waals surface area contributed by atoms with Crippen LogP contribution in [0, 0.1) is 0 Å². The van der Waals surface area contributed by atoms with Crippen molar-refractivity contribution in [1.29, 1.82) is 0 Å². The van der Waals surface area contributed by atoms with Gasteiger partial charge in [0.15, 0.2) is 0 Å². The molecule has 0 spiro atoms. The van der Waals surface area contributed by atoms with Crippen LogP contribution < -0.4 is 5.73 Å². The summed E-state index contributed by atoms with van der Waals surface area (Å²) in [5.74, 6) is 0. The van der Waals surface area contributed by atoms with E-state index in [-0.39, 0.29) is 0 Å². The van der Waals surface area contributed by atoms with Gasteiger partial charge in [-0.15, -0.1) is 6.58 Å². The maximum Gasteiger partial charge on any atom is 0.0635 e. The molecule has 0 unspecified atom stereocenters. The van der Waals surface area contributed by atoms with Crippen molar-refractivity contribution >= 4 is 17.3 Å². The van der Waals surface area contributed by atoms with E-state index in [4.69, 9.17) is 17.3 Å². The predicted molar refractivity (Wildman–Crippen MR) is 49.8 cm³/mol. The molecule has 0 atom stereocenters. The van der Waals surface area contributed by atoms with Crippen LogP contribution in [0.1, 0.15) is 5.56 Å². The molecule has 1 nitrogen and oxygen atoms in total. The zero-order chi connectivity index (χ0) is 8.27. The first kappa shape index (κ1) is 8.15. The average molecular weight is 168 g/mol. The Kier molecular flexibility index (Phi) is 2.55. The van der Waals surface area contributed by atoms with Crippen molar-refractivity contribution in [1.82, 2.24) is 0 Å². The fourth-order valence-electron chi connectivity index (χ4n) is 0.887. The van der Waals surface area contributed by atoms with Gasteiger partial charge in [0.1, 0.15) is 0 Å². The summed E-state index contributed by atoms with van der Waals surface area (Å²) in [7, 11) is 0. The topological polar surface area (TPSA) is 26.0 Å². The summed E-state index contributed by atoms with van der Waals surface area (Å²) in [6.45, 7) is 3.63. The monoisotopic (exact) mass is 167 g/mol. The third-order valence-corrected chi connectivity index (χ3v) is 1.78. The van der Waals surface area contributed by atoms with E-state index in [1.807, 2.05) is 18.2 Å². The molecular formula is C9H10ClN. The van der Waals surface area contributed by atoms with Crippen LogP contribution in [0.15, 0.2) is 30.9 Å². The number of nitrogen functional groups attached to an aromatic ring is 1. The Morgan fingerprint density at radius 1 is 1.55 bits per heavy atom. The minimum Gasteiger partial charge on any atom is -0.398 e. The molecular weight excluding hydrogens is 158 g/mol. The van der Waals surface area contributed by atoms with Crippen LogP contribution in [0.2, 0.25) is 5.02 Å². The van der Waals surface area contributed by atoms with Crippen LogP contribution >= 0.6 is 11.6 Å². The van der Waals surface area contributed by atoms with E-state index in [9.17, 15) is 0 Å². The fourth-order valence-corrected chi connectivity index (χ4v) is 1.00. The summed E-state index contributed by atoms with van der Waals surface area (Å²) in [4.78, 5) is 0. The van der Waals surface area contributed by atoms with Gasteiger partial charge in [-0.1, -0.05) is 23.7 Å². The van der Waals surface area contributed by atoms with E-state index in [1.54, 1.807) is 6.07 Å². The van der Waals surface area contributed by atoms with E-state index in [2.05, 4.69) is 6.58 Å². The number of allylic oxidation sites excluding steroid dienone is 1. The van der Waals surface area contributed by atoms with Gasteiger partial charge in [-0.2, -0.15) is 0 Å². The van der Waals surface area contributed by atoms with E-state index in [0.717, 1.165) is 12.0 Å². The Hall–Kier alpha value is -0.950. The van der Waals surface area contributed by atoms with E-state index >= 15 is 0 Å². The highest BCUT2D eigenvalue weighted by molar-refractivity contribution is 6.33. The summed E-state index contributed by atoms with van der Waals surface area (Å²) >= 11 is 5.73. The molecule has 0 aliphatic carbocycles. The van der Waals surface area contributed by atoms with Gasteiger partial charge in [-0.05, 0) is 24.1 Å². The number of hydrogen-bond donors (Lipinski definition) is 1. The summed E-state index contributed by atoms with van der Waals surface area (Å²) in [5, 5.41) is 0.609. The summed E-state index contributed by atoms with van der Waals surface area (Å²) in [5.41, 5.74) is 7.36. The van der Waals surface area contributed by atoms with Crippen LogP contribution in [0.5, 0.6) is 0 Å². The van der Waals surface area contributed by atoms with Crippen molar-refractivity contribution in [2.45, 2.75) is 6.42 Å². The first-order chi connectivity index (χ1) is 5.24. The largest absolute Gasteiger partial charge is 0.398 e. The van der Waals surface area contributed by atoms with Crippen molar-refractivity contribution in [3.05, 3.63) is 41.4 Å². The van der Waals surface area contributed by atoms with Crippen molar-refractivity contribution < 1.29 is 0 Å². The predicted octanol–water partition coefficient (Wildman–Crippen LogP) is 2.65. The Morgan fingerprint density at radius 3 is 2.82 bits per heavy atom. The normalized spacial score (nSPS) is 9.55. The highest BCUT2D eigenvalue weighted by Crippen LogP contribution is 2.19. The second-order valence-electron chi connectivity index (χ2n) is 2.35. The van der Waals surface area contributed by atoms with E-state index < -0.39 is 0 Å². The maximum atomic E-state index is 5.73. The lowest BCUT2D eigenvalue weighted by Gasteiger charge is -2.00. The molecule has 0 aromatic heterocycles. The molecule has 0 aliphatic rings. The van der Waals surface area contributed by atoms with Gasteiger partial charge in [0.25, 0.3) is 0 Å². The lowest BCUT2D eigenvalue weighted by Crippen LogP contribution is -1.88. The highest BCUT2D eigenvalue weighted by Gasteiger charge is 1.95. The van der Waals surface area contributed by atoms with E-state index in [1.165, 1.54) is 0 Å². The van der Waals surface area contributed by atoms with Crippen molar-refractivity contribution in [2.75, 3.05) is 5.73 Å². The standard InChI is InChI=1S/C9H10ClN/c1-2-3-7-4-5-8(10)9(11)6-7/h2,4-6H,1,3,11H2. The average Bonchev–Trinajstić information content (AvgIpc) is 1.98. The first-order valence-electron chi connectivity index (χ1n) is 3.39. The molecule has 1 rings (SSSR count). The summed E-state index contributed by atoms with van der Waals surface area (Å²) in [6.07, 6.45) is 2.67. The lowest BCUT2D eigenvalue weighted by molar-refractivity contribution is 1.28. The zero-order valence-electron chi connectivity index (χ0n) is 6.18. The molecule has 0 bridgehead atoms. The number of rotatable bonds is 2. The smallest absolute Gasteiger partial charge is 0.0635 e. The van der Waals surface area contributed by atoms with Gasteiger partial charge < -0.3 is 5.73 Å². The second kappa shape index (κ2) is 3.44. The Bertz CT molecular complexity index is 268. The molecule has 0 aliphatic heterocycles. The molecule has 0 saturated heterocycles. The van der Waals surface area contributed by atoms with Gasteiger partial charge in [0, 0.05) is 0 Å². The van der Waals surface area contributed by atoms with Crippen molar-refractivity contribution in [3.63, 3.8) is 0 Å². The van der Waals surface area contributed by atoms with Gasteiger partial charge in [0.05, 0.1) is 10.7 Å². The molecule has 0 amide bonds. The number of benzene rings is 1. The van der Waals surface area contributed by atoms with Crippen LogP contribution in [0.3, 0.4) is 0 Å². The lowest BCUT2D eigenvalue weighted by atomic mass is 10.1. The first-order valence-corrected chi connectivity index (χ1v) is 3.76. The molecule has 0 radical (unpaired) electrons. The van der Waals surface area contributed by atoms with E-state index in [0.29, 0.717) is 10.7 Å². The molecule has 11 heavy (non-hydrogen) atoms. The molecule has 2 N–H and O–H groups in total. The van der Waals surface area contributed by atoms with Crippen LogP contribution in [-0.2, 0) is 6.42 Å². The third kappa shape index (κ3) is 1.99. The zero-order valence-corrected chi connectivity index (χ0v) is 6.93. The number of anilines is 1. The van der Waals surface area contributed by atoms with Gasteiger partial charge >= 0.3 is 0 Å². The quantitative estimate of drug-likeness (QED) is 0.532. The molecule has 0 fully saturated rings. The van der Waals surface area contributed by atoms with Gasteiger partial charge in [-0.3, -0.25) is 0 Å². The Labute approximate surface area is 71.5 Å². The van der Waals surface area contributed by atoms with Gasteiger partial charge in [-0.25, -0.2) is 0 Å². The molecule has 58 valence electrons. The minimum absolute atomic E-state index is 0.609. The second-order valence-corrected chi connectivity index (χ2v) is 2.76. The number of hydrogen-bond acceptors (Lipinski definition) is 1. The number of nitrogens with two attached hydrogens (primary N) is 1. The Balaban J connectivity index is 2.95. The van der Waals surface area contributed by atoms with Gasteiger partial charge in [0.2, 0.25) is 0 Å². The minimum atomic E-state index is 0.609. The molecule has 1 aromatic rings. The SMILES string of the molecule is C=CCc1ccc(Cl)c(N)c1. The third-order valence-electron chi connectivity index (χ3n) is 1.44. The van der Waals surface area contributed by atoms with Crippen LogP contribution in [0.25, 0.3) is 0 Å². The maximum absolute atomic E-state index is 5.73. The number of halogens is 1. The van der Waals surface area contributed by atoms with Crippen LogP contribution in [0.4, 0.5) is 5.69 Å². The summed E-state index contributed by atoms with van der Waals surface area (Å²) in [6, 6.07) is 5.61. The fraction of sp³-hybridized carbons (Fsp3) is 0.111. The molecule has 0 saturated carbocycles. The van der Waals surface area contributed by atoms with Crippen LogP contribution in [-0.4, -0.2) is 0 Å².